The Morgan fingerprint density at radius 1 is 1.45 bits per heavy atom. The summed E-state index contributed by atoms with van der Waals surface area (Å²) in [7, 11) is 0. The maximum absolute atomic E-state index is 10.5. The molecule has 0 bridgehead atoms. The number of aromatic hydroxyl groups is 1. The number of primary amides is 1. The maximum atomic E-state index is 10.5. The topological polar surface area (TPSA) is 63.3 Å². The molecule has 0 saturated heterocycles. The molecule has 0 atom stereocenters. The van der Waals surface area contributed by atoms with Crippen LogP contribution in [0, 0.1) is 0 Å². The molecule has 0 aliphatic carbocycles. The third-order valence-corrected chi connectivity index (χ3v) is 1.17. The largest absolute Gasteiger partial charge is 2.00 e. The van der Waals surface area contributed by atoms with Gasteiger partial charge in [-0.15, -0.1) is 0 Å². The Hall–Kier alpha value is -0.744. The molecule has 0 unspecified atom stereocenters. The monoisotopic (exact) mass is 163 g/mol. The van der Waals surface area contributed by atoms with Crippen LogP contribution >= 0.6 is 0 Å². The van der Waals surface area contributed by atoms with E-state index in [2.05, 4.69) is 0 Å². The summed E-state index contributed by atoms with van der Waals surface area (Å²) in [6, 6.07) is 6.15. The Morgan fingerprint density at radius 2 is 2.00 bits per heavy atom. The van der Waals surface area contributed by atoms with Gasteiger partial charge >= 0.3 is 23.1 Å². The number of hydrogen-bond acceptors (Lipinski definition) is 2. The van der Waals surface area contributed by atoms with E-state index in [4.69, 9.17) is 10.8 Å². The van der Waals surface area contributed by atoms with E-state index in [0.29, 0.717) is 0 Å². The summed E-state index contributed by atoms with van der Waals surface area (Å²) in [5.41, 5.74) is 5.07. The van der Waals surface area contributed by atoms with E-state index in [0.717, 1.165) is 0 Å². The van der Waals surface area contributed by atoms with Gasteiger partial charge in [0.1, 0.15) is 5.75 Å². The number of nitrogens with two attached hydrogens (primary N) is 1. The van der Waals surface area contributed by atoms with Crippen molar-refractivity contribution < 1.29 is 12.8 Å². The van der Waals surface area contributed by atoms with Gasteiger partial charge in [-0.3, -0.25) is 4.79 Å². The number of amides is 1. The van der Waals surface area contributed by atoms with Crippen molar-refractivity contribution in [2.24, 2.45) is 5.73 Å². The molecule has 11 heavy (non-hydrogen) atoms. The van der Waals surface area contributed by atoms with E-state index in [9.17, 15) is 4.79 Å². The third kappa shape index (κ3) is 2.40. The fourth-order valence-corrected chi connectivity index (χ4v) is 0.682. The molecule has 0 radical (unpaired) electrons. The molecule has 0 fully saturated rings. The van der Waals surface area contributed by atoms with Crippen molar-refractivity contribution in [2.75, 3.05) is 0 Å². The Bertz CT molecular complexity index is 270. The Kier molecular flexibility index (Phi) is 3.92. The summed E-state index contributed by atoms with van der Waals surface area (Å²) < 4.78 is 0. The zero-order chi connectivity index (χ0) is 7.56. The van der Waals surface area contributed by atoms with Gasteiger partial charge in [-0.1, -0.05) is 12.1 Å². The molecule has 0 aliphatic rings. The SMILES string of the molecule is NC(=O)c1ccccc1O.[H-].[H-].[Mg+2]. The van der Waals surface area contributed by atoms with Crippen molar-refractivity contribution in [3.63, 3.8) is 0 Å². The molecule has 1 amide bonds. The quantitative estimate of drug-likeness (QED) is 0.586. The van der Waals surface area contributed by atoms with Crippen LogP contribution in [0.15, 0.2) is 24.3 Å². The molecule has 0 heterocycles. The summed E-state index contributed by atoms with van der Waals surface area (Å²) in [6.45, 7) is 0. The van der Waals surface area contributed by atoms with Gasteiger partial charge in [-0.05, 0) is 12.1 Å². The van der Waals surface area contributed by atoms with Crippen LogP contribution in [0.5, 0.6) is 5.75 Å². The van der Waals surface area contributed by atoms with Gasteiger partial charge < -0.3 is 13.7 Å². The van der Waals surface area contributed by atoms with Gasteiger partial charge in [0.05, 0.1) is 5.56 Å². The predicted molar refractivity (Wildman–Crippen MR) is 44.6 cm³/mol. The normalized spacial score (nSPS) is 8.36. The van der Waals surface area contributed by atoms with Crippen LogP contribution in [0.25, 0.3) is 0 Å². The maximum Gasteiger partial charge on any atom is 2.00 e. The second-order valence-corrected chi connectivity index (χ2v) is 1.88. The van der Waals surface area contributed by atoms with Gasteiger partial charge in [0.2, 0.25) is 0 Å². The van der Waals surface area contributed by atoms with Crippen LogP contribution < -0.4 is 5.73 Å². The molecule has 56 valence electrons. The molecular formula is C7H9MgNO2. The first-order valence-electron chi connectivity index (χ1n) is 2.79. The van der Waals surface area contributed by atoms with Crippen LogP contribution in [-0.4, -0.2) is 34.1 Å². The van der Waals surface area contributed by atoms with Gasteiger partial charge in [-0.2, -0.15) is 0 Å². The van der Waals surface area contributed by atoms with Crippen LogP contribution in [0.2, 0.25) is 0 Å². The van der Waals surface area contributed by atoms with E-state index in [-0.39, 0.29) is 37.2 Å². The molecule has 1 rings (SSSR count). The van der Waals surface area contributed by atoms with Crippen molar-refractivity contribution in [1.29, 1.82) is 0 Å². The first-order chi connectivity index (χ1) is 4.72. The minimum absolute atomic E-state index is 0. The number of carbonyl (C=O) groups is 1. The minimum Gasteiger partial charge on any atom is -1.00 e. The Balaban J connectivity index is -0.000000333. The van der Waals surface area contributed by atoms with Crippen LogP contribution in [0.4, 0.5) is 0 Å². The number of para-hydroxylation sites is 1. The van der Waals surface area contributed by atoms with Gasteiger partial charge in [-0.25, -0.2) is 0 Å². The summed E-state index contributed by atoms with van der Waals surface area (Å²) in [6.07, 6.45) is 0. The second-order valence-electron chi connectivity index (χ2n) is 1.88. The molecule has 3 N–H and O–H groups in total. The molecule has 1 aromatic carbocycles. The molecule has 1 aromatic rings. The minimum atomic E-state index is -0.613. The smallest absolute Gasteiger partial charge is 1.00 e. The van der Waals surface area contributed by atoms with Gasteiger partial charge in [0.15, 0.2) is 0 Å². The van der Waals surface area contributed by atoms with Crippen LogP contribution in [-0.2, 0) is 0 Å². The van der Waals surface area contributed by atoms with Crippen molar-refractivity contribution >= 4 is 29.0 Å². The van der Waals surface area contributed by atoms with E-state index in [1.807, 2.05) is 0 Å². The second kappa shape index (κ2) is 4.20. The number of phenols is 1. The number of benzene rings is 1. The Labute approximate surface area is 83.3 Å². The summed E-state index contributed by atoms with van der Waals surface area (Å²) in [5, 5.41) is 8.98. The molecule has 0 aromatic heterocycles. The van der Waals surface area contributed by atoms with Gasteiger partial charge in [0, 0.05) is 0 Å². The van der Waals surface area contributed by atoms with Crippen molar-refractivity contribution in [2.45, 2.75) is 0 Å². The average molecular weight is 163 g/mol. The Morgan fingerprint density at radius 3 is 2.36 bits per heavy atom. The molecular weight excluding hydrogens is 154 g/mol. The third-order valence-electron chi connectivity index (χ3n) is 1.17. The molecule has 0 spiro atoms. The number of carbonyl (C=O) groups excluding carboxylic acids is 1. The standard InChI is InChI=1S/C7H7NO2.Mg.2H/c8-7(10)5-3-1-2-4-6(5)9;;;/h1-4,9H,(H2,8,10);;;/q;+2;2*-1. The van der Waals surface area contributed by atoms with E-state index >= 15 is 0 Å². The van der Waals surface area contributed by atoms with E-state index < -0.39 is 5.91 Å². The predicted octanol–water partition coefficient (Wildman–Crippen LogP) is 0.335. The van der Waals surface area contributed by atoms with Crippen LogP contribution in [0.1, 0.15) is 13.2 Å². The first kappa shape index (κ1) is 10.3. The fraction of sp³-hybridized carbons (Fsp3) is 0. The summed E-state index contributed by atoms with van der Waals surface area (Å²) in [4.78, 5) is 10.5. The van der Waals surface area contributed by atoms with Crippen LogP contribution in [0.3, 0.4) is 0 Å². The van der Waals surface area contributed by atoms with Crippen molar-refractivity contribution in [3.8, 4) is 5.75 Å². The number of rotatable bonds is 1. The van der Waals surface area contributed by atoms with Gasteiger partial charge in [0.25, 0.3) is 5.91 Å². The van der Waals surface area contributed by atoms with Crippen molar-refractivity contribution in [3.05, 3.63) is 29.8 Å². The van der Waals surface area contributed by atoms with E-state index in [1.165, 1.54) is 12.1 Å². The molecule has 0 saturated carbocycles. The zero-order valence-electron chi connectivity index (χ0n) is 7.95. The summed E-state index contributed by atoms with van der Waals surface area (Å²) in [5.74, 6) is -0.687. The zero-order valence-corrected chi connectivity index (χ0v) is 7.36. The summed E-state index contributed by atoms with van der Waals surface area (Å²) >= 11 is 0. The fourth-order valence-electron chi connectivity index (χ4n) is 0.682. The average Bonchev–Trinajstić information content (AvgIpc) is 1.88. The molecule has 4 heteroatoms. The number of hydrogen-bond donors (Lipinski definition) is 2. The first-order valence-corrected chi connectivity index (χ1v) is 2.79. The van der Waals surface area contributed by atoms with E-state index in [1.54, 1.807) is 12.1 Å². The molecule has 3 nitrogen and oxygen atoms in total. The van der Waals surface area contributed by atoms with Crippen molar-refractivity contribution in [1.82, 2.24) is 0 Å². The molecule has 0 aliphatic heterocycles.